The largest absolute Gasteiger partial charge is 0.455 e. The summed E-state index contributed by atoms with van der Waals surface area (Å²) in [6.45, 7) is 0. The molecule has 0 radical (unpaired) electrons. The second kappa shape index (κ2) is 13.2. The van der Waals surface area contributed by atoms with E-state index in [9.17, 15) is 0 Å². The number of hydrogen-bond donors (Lipinski definition) is 0. The average Bonchev–Trinajstić information content (AvgIpc) is 3.65. The van der Waals surface area contributed by atoms with E-state index in [2.05, 4.69) is 217 Å². The van der Waals surface area contributed by atoms with Crippen LogP contribution in [0.15, 0.2) is 217 Å². The van der Waals surface area contributed by atoms with Crippen molar-refractivity contribution in [2.75, 3.05) is 4.90 Å². The van der Waals surface area contributed by atoms with Crippen LogP contribution in [0.25, 0.3) is 87.6 Å². The summed E-state index contributed by atoms with van der Waals surface area (Å²) in [5.74, 6) is 0. The predicted octanol–water partition coefficient (Wildman–Crippen LogP) is 15.5. The van der Waals surface area contributed by atoms with Gasteiger partial charge in [-0.2, -0.15) is 0 Å². The number of anilines is 3. The van der Waals surface area contributed by atoms with E-state index >= 15 is 0 Å². The minimum Gasteiger partial charge on any atom is -0.455 e. The summed E-state index contributed by atoms with van der Waals surface area (Å²) in [7, 11) is 0. The number of para-hydroxylation sites is 1. The predicted molar refractivity (Wildman–Crippen MR) is 237 cm³/mol. The number of rotatable bonds is 6. The number of hydrogen-bond acceptors (Lipinski definition) is 2. The summed E-state index contributed by atoms with van der Waals surface area (Å²) in [6.07, 6.45) is 0. The van der Waals surface area contributed by atoms with Gasteiger partial charge in [-0.3, -0.25) is 0 Å². The quantitative estimate of drug-likeness (QED) is 0.160. The maximum absolute atomic E-state index is 6.57. The Morgan fingerprint density at radius 3 is 1.71 bits per heavy atom. The second-order valence-electron chi connectivity index (χ2n) is 14.5. The zero-order chi connectivity index (χ0) is 37.0. The molecule has 10 aromatic carbocycles. The fourth-order valence-electron chi connectivity index (χ4n) is 8.48. The van der Waals surface area contributed by atoms with Gasteiger partial charge in [-0.1, -0.05) is 152 Å². The zero-order valence-electron chi connectivity index (χ0n) is 30.6. The molecule has 11 aromatic rings. The molecule has 0 bridgehead atoms. The molecule has 0 unspecified atom stereocenters. The van der Waals surface area contributed by atoms with Crippen LogP contribution in [-0.4, -0.2) is 0 Å². The van der Waals surface area contributed by atoms with Crippen LogP contribution in [0.4, 0.5) is 17.1 Å². The van der Waals surface area contributed by atoms with Gasteiger partial charge in [0.1, 0.15) is 11.2 Å². The van der Waals surface area contributed by atoms with Crippen molar-refractivity contribution in [2.45, 2.75) is 0 Å². The third kappa shape index (κ3) is 5.42. The lowest BCUT2D eigenvalue weighted by Gasteiger charge is -2.26. The monoisotopic (exact) mass is 713 g/mol. The van der Waals surface area contributed by atoms with Crippen LogP contribution >= 0.6 is 0 Å². The molecule has 0 aliphatic heterocycles. The summed E-state index contributed by atoms with van der Waals surface area (Å²) in [5, 5.41) is 9.65. The second-order valence-corrected chi connectivity index (χ2v) is 14.5. The first-order valence-corrected chi connectivity index (χ1v) is 19.2. The van der Waals surface area contributed by atoms with Crippen LogP contribution < -0.4 is 4.90 Å². The van der Waals surface area contributed by atoms with E-state index in [4.69, 9.17) is 4.42 Å². The van der Waals surface area contributed by atoms with Crippen LogP contribution in [0, 0.1) is 0 Å². The van der Waals surface area contributed by atoms with Gasteiger partial charge in [0.15, 0.2) is 0 Å². The molecular formula is C54H35NO. The van der Waals surface area contributed by atoms with Crippen molar-refractivity contribution in [2.24, 2.45) is 0 Å². The number of fused-ring (bicyclic) bond motifs is 8. The lowest BCUT2D eigenvalue weighted by molar-refractivity contribution is 0.673. The minimum atomic E-state index is 0.894. The Labute approximate surface area is 325 Å². The van der Waals surface area contributed by atoms with Gasteiger partial charge < -0.3 is 9.32 Å². The molecule has 2 nitrogen and oxygen atoms in total. The van der Waals surface area contributed by atoms with Crippen LogP contribution in [0.1, 0.15) is 0 Å². The first-order chi connectivity index (χ1) is 27.7. The highest BCUT2D eigenvalue weighted by molar-refractivity contribution is 6.19. The molecule has 0 aliphatic rings. The fourth-order valence-corrected chi connectivity index (χ4v) is 8.48. The van der Waals surface area contributed by atoms with E-state index in [1.807, 2.05) is 0 Å². The van der Waals surface area contributed by atoms with Crippen molar-refractivity contribution < 1.29 is 4.42 Å². The standard InChI is InChI=1S/C54H35NO/c1-3-12-37(13-4-1)50-35-52-51-34-41(27-31-53(51)56-54(52)49-21-10-9-20-48(49)50)36-24-28-44(29-25-36)55(43-16-5-2-6-17-43)45-18-11-15-39(33-45)40-26-30-47-42(32-40)23-22-38-14-7-8-19-46(38)47/h1-35H. The van der Waals surface area contributed by atoms with Crippen molar-refractivity contribution in [3.05, 3.63) is 212 Å². The third-order valence-corrected chi connectivity index (χ3v) is 11.2. The van der Waals surface area contributed by atoms with Gasteiger partial charge in [0.05, 0.1) is 0 Å². The topological polar surface area (TPSA) is 16.4 Å². The lowest BCUT2D eigenvalue weighted by Crippen LogP contribution is -2.09. The minimum absolute atomic E-state index is 0.894. The molecule has 0 spiro atoms. The molecule has 0 atom stereocenters. The molecule has 0 saturated carbocycles. The third-order valence-electron chi connectivity index (χ3n) is 11.2. The van der Waals surface area contributed by atoms with Crippen molar-refractivity contribution in [1.82, 2.24) is 0 Å². The van der Waals surface area contributed by atoms with Gasteiger partial charge in [0.25, 0.3) is 0 Å². The molecule has 0 amide bonds. The zero-order valence-corrected chi connectivity index (χ0v) is 30.6. The Balaban J connectivity index is 0.978. The van der Waals surface area contributed by atoms with Crippen LogP contribution in [-0.2, 0) is 0 Å². The molecule has 262 valence electrons. The molecule has 0 N–H and O–H groups in total. The van der Waals surface area contributed by atoms with Gasteiger partial charge in [-0.05, 0) is 121 Å². The Morgan fingerprint density at radius 2 is 0.875 bits per heavy atom. The molecule has 2 heteroatoms. The first-order valence-electron chi connectivity index (χ1n) is 19.2. The number of benzene rings is 10. The molecule has 56 heavy (non-hydrogen) atoms. The van der Waals surface area contributed by atoms with Gasteiger partial charge in [0.2, 0.25) is 0 Å². The van der Waals surface area contributed by atoms with E-state index in [1.165, 1.54) is 49.2 Å². The number of nitrogens with zero attached hydrogens (tertiary/aromatic N) is 1. The molecule has 11 rings (SSSR count). The van der Waals surface area contributed by atoms with E-state index in [-0.39, 0.29) is 0 Å². The SMILES string of the molecule is c1ccc(-c2cc3c4cc(-c5ccc(N(c6ccccc6)c6cccc(-c7ccc8c(ccc9ccccc98)c7)c6)cc5)ccc4oc3c3ccccc23)cc1. The van der Waals surface area contributed by atoms with E-state index < -0.39 is 0 Å². The average molecular weight is 714 g/mol. The van der Waals surface area contributed by atoms with E-state index in [0.29, 0.717) is 0 Å². The molecule has 0 aliphatic carbocycles. The Morgan fingerprint density at radius 1 is 0.286 bits per heavy atom. The summed E-state index contributed by atoms with van der Waals surface area (Å²) >= 11 is 0. The van der Waals surface area contributed by atoms with E-state index in [0.717, 1.165) is 55.5 Å². The van der Waals surface area contributed by atoms with Gasteiger partial charge in [-0.25, -0.2) is 0 Å². The maximum Gasteiger partial charge on any atom is 0.143 e. The van der Waals surface area contributed by atoms with Crippen molar-refractivity contribution in [1.29, 1.82) is 0 Å². The fraction of sp³-hybridized carbons (Fsp3) is 0. The molecule has 1 aromatic heterocycles. The highest BCUT2D eigenvalue weighted by atomic mass is 16.3. The van der Waals surface area contributed by atoms with Gasteiger partial charge >= 0.3 is 0 Å². The normalized spacial score (nSPS) is 11.6. The molecule has 1 heterocycles. The highest BCUT2D eigenvalue weighted by Crippen LogP contribution is 2.42. The molecular weight excluding hydrogens is 679 g/mol. The Bertz CT molecular complexity index is 3230. The summed E-state index contributed by atoms with van der Waals surface area (Å²) in [5.41, 5.74) is 12.2. The van der Waals surface area contributed by atoms with Crippen LogP contribution in [0.3, 0.4) is 0 Å². The number of furan rings is 1. The smallest absolute Gasteiger partial charge is 0.143 e. The first kappa shape index (κ1) is 32.0. The molecule has 0 fully saturated rings. The summed E-state index contributed by atoms with van der Waals surface area (Å²) in [4.78, 5) is 2.34. The van der Waals surface area contributed by atoms with Gasteiger partial charge in [-0.15, -0.1) is 0 Å². The van der Waals surface area contributed by atoms with Crippen molar-refractivity contribution in [3.63, 3.8) is 0 Å². The summed E-state index contributed by atoms with van der Waals surface area (Å²) in [6, 6.07) is 76.4. The van der Waals surface area contributed by atoms with Crippen molar-refractivity contribution in [3.8, 4) is 33.4 Å². The van der Waals surface area contributed by atoms with Crippen LogP contribution in [0.2, 0.25) is 0 Å². The van der Waals surface area contributed by atoms with E-state index in [1.54, 1.807) is 0 Å². The van der Waals surface area contributed by atoms with Gasteiger partial charge in [0, 0.05) is 33.2 Å². The highest BCUT2D eigenvalue weighted by Gasteiger charge is 2.17. The summed E-state index contributed by atoms with van der Waals surface area (Å²) < 4.78 is 6.57. The maximum atomic E-state index is 6.57. The van der Waals surface area contributed by atoms with Crippen LogP contribution in [0.5, 0.6) is 0 Å². The Kier molecular flexibility index (Phi) is 7.53. The van der Waals surface area contributed by atoms with Crippen molar-refractivity contribution >= 4 is 71.3 Å². The Hall–Kier alpha value is -7.42. The lowest BCUT2D eigenvalue weighted by atomic mass is 9.95. The molecule has 0 saturated heterocycles.